The van der Waals surface area contributed by atoms with Crippen LogP contribution in [0.5, 0.6) is 11.5 Å². The number of halogens is 2. The van der Waals surface area contributed by atoms with Gasteiger partial charge in [-0.3, -0.25) is 20.4 Å². The van der Waals surface area contributed by atoms with Gasteiger partial charge in [-0.2, -0.15) is 0 Å². The minimum atomic E-state index is -0.794. The molecule has 27 heavy (non-hydrogen) atoms. The second-order valence-corrected chi connectivity index (χ2v) is 6.77. The number of carbonyl (C=O) groups is 2. The van der Waals surface area contributed by atoms with Gasteiger partial charge in [0.2, 0.25) is 0 Å². The summed E-state index contributed by atoms with van der Waals surface area (Å²) in [6.45, 7) is 5.09. The summed E-state index contributed by atoms with van der Waals surface area (Å²) in [5.41, 5.74) is 6.50. The Kier molecular flexibility index (Phi) is 7.33. The van der Waals surface area contributed by atoms with Crippen LogP contribution in [0.4, 0.5) is 0 Å². The van der Waals surface area contributed by atoms with E-state index >= 15 is 0 Å². The monoisotopic (exact) mass is 410 g/mol. The Hall–Kier alpha value is -2.44. The molecule has 2 N–H and O–H groups in total. The van der Waals surface area contributed by atoms with E-state index in [1.807, 2.05) is 32.0 Å². The lowest BCUT2D eigenvalue weighted by atomic mass is 10.1. The maximum Gasteiger partial charge on any atom is 0.279 e. The second-order valence-electron chi connectivity index (χ2n) is 5.93. The minimum Gasteiger partial charge on any atom is -0.482 e. The maximum atomic E-state index is 12.1. The Balaban J connectivity index is 1.80. The predicted octanol–water partition coefficient (Wildman–Crippen LogP) is 3.60. The lowest BCUT2D eigenvalue weighted by Gasteiger charge is -2.17. The summed E-state index contributed by atoms with van der Waals surface area (Å²) in [6, 6.07) is 10.4. The van der Waals surface area contributed by atoms with Gasteiger partial charge in [-0.15, -0.1) is 0 Å². The van der Waals surface area contributed by atoms with Gasteiger partial charge in [0.05, 0.1) is 5.02 Å². The third kappa shape index (κ3) is 6.34. The van der Waals surface area contributed by atoms with Crippen molar-refractivity contribution in [1.29, 1.82) is 0 Å². The van der Waals surface area contributed by atoms with Gasteiger partial charge in [0.25, 0.3) is 11.8 Å². The molecule has 0 bridgehead atoms. The van der Waals surface area contributed by atoms with Crippen molar-refractivity contribution >= 4 is 35.0 Å². The average Bonchev–Trinajstić information content (AvgIpc) is 2.61. The molecule has 0 spiro atoms. The SMILES string of the molecule is Cc1ccc(C)c(OC(C)C(=O)NNC(=O)COc2ccc(Cl)cc2Cl)c1. The van der Waals surface area contributed by atoms with Crippen molar-refractivity contribution < 1.29 is 19.1 Å². The Labute approximate surface area is 167 Å². The van der Waals surface area contributed by atoms with E-state index in [2.05, 4.69) is 10.9 Å². The third-order valence-corrected chi connectivity index (χ3v) is 4.12. The zero-order valence-electron chi connectivity index (χ0n) is 15.1. The number of hydrogen-bond donors (Lipinski definition) is 2. The molecule has 1 atom stereocenters. The van der Waals surface area contributed by atoms with Crippen LogP contribution < -0.4 is 20.3 Å². The minimum absolute atomic E-state index is 0.287. The second kappa shape index (κ2) is 9.48. The number of aryl methyl sites for hydroxylation is 2. The van der Waals surface area contributed by atoms with Gasteiger partial charge in [0.1, 0.15) is 11.5 Å². The van der Waals surface area contributed by atoms with Crippen LogP contribution in [0, 0.1) is 13.8 Å². The maximum absolute atomic E-state index is 12.1. The third-order valence-electron chi connectivity index (χ3n) is 3.59. The Bertz CT molecular complexity index is 842. The van der Waals surface area contributed by atoms with Crippen molar-refractivity contribution in [2.75, 3.05) is 6.61 Å². The van der Waals surface area contributed by atoms with E-state index in [1.165, 1.54) is 6.07 Å². The van der Waals surface area contributed by atoms with Crippen LogP contribution in [-0.2, 0) is 9.59 Å². The van der Waals surface area contributed by atoms with Crippen molar-refractivity contribution in [2.24, 2.45) is 0 Å². The summed E-state index contributed by atoms with van der Waals surface area (Å²) < 4.78 is 10.9. The fourth-order valence-corrected chi connectivity index (χ4v) is 2.55. The average molecular weight is 411 g/mol. The highest BCUT2D eigenvalue weighted by atomic mass is 35.5. The summed E-state index contributed by atoms with van der Waals surface area (Å²) in [6.07, 6.45) is -0.794. The van der Waals surface area contributed by atoms with Crippen LogP contribution in [0.1, 0.15) is 18.1 Å². The Morgan fingerprint density at radius 2 is 1.78 bits per heavy atom. The fraction of sp³-hybridized carbons (Fsp3) is 0.263. The molecule has 0 aliphatic heterocycles. The van der Waals surface area contributed by atoms with E-state index in [1.54, 1.807) is 19.1 Å². The van der Waals surface area contributed by atoms with Crippen molar-refractivity contribution in [3.63, 3.8) is 0 Å². The number of benzene rings is 2. The fourth-order valence-electron chi connectivity index (χ4n) is 2.08. The van der Waals surface area contributed by atoms with Crippen LogP contribution in [0.15, 0.2) is 36.4 Å². The molecule has 6 nitrogen and oxygen atoms in total. The summed E-state index contributed by atoms with van der Waals surface area (Å²) in [4.78, 5) is 23.9. The van der Waals surface area contributed by atoms with Gasteiger partial charge in [0.15, 0.2) is 12.7 Å². The van der Waals surface area contributed by atoms with Gasteiger partial charge < -0.3 is 9.47 Å². The number of rotatable bonds is 6. The van der Waals surface area contributed by atoms with Crippen molar-refractivity contribution in [2.45, 2.75) is 26.9 Å². The summed E-state index contributed by atoms with van der Waals surface area (Å²) in [5.74, 6) is -0.110. The normalized spacial score (nSPS) is 11.4. The van der Waals surface area contributed by atoms with E-state index in [0.717, 1.165) is 11.1 Å². The van der Waals surface area contributed by atoms with E-state index < -0.39 is 17.9 Å². The summed E-state index contributed by atoms with van der Waals surface area (Å²) in [7, 11) is 0. The van der Waals surface area contributed by atoms with E-state index in [4.69, 9.17) is 32.7 Å². The first kappa shape index (κ1) is 20.9. The molecular formula is C19H20Cl2N2O4. The molecule has 2 rings (SSSR count). The molecule has 0 saturated carbocycles. The Morgan fingerprint density at radius 3 is 2.48 bits per heavy atom. The number of ether oxygens (including phenoxy) is 2. The van der Waals surface area contributed by atoms with Crippen molar-refractivity contribution in [3.8, 4) is 11.5 Å². The number of amides is 2. The molecule has 2 amide bonds. The number of hydrazine groups is 1. The van der Waals surface area contributed by atoms with Gasteiger partial charge in [-0.05, 0) is 56.2 Å². The lowest BCUT2D eigenvalue weighted by Crippen LogP contribution is -2.48. The van der Waals surface area contributed by atoms with Gasteiger partial charge in [-0.1, -0.05) is 35.3 Å². The quantitative estimate of drug-likeness (QED) is 0.713. The molecule has 144 valence electrons. The molecule has 2 aromatic rings. The molecule has 0 aromatic heterocycles. The molecule has 0 aliphatic carbocycles. The molecule has 1 unspecified atom stereocenters. The first-order valence-electron chi connectivity index (χ1n) is 8.16. The van der Waals surface area contributed by atoms with E-state index in [0.29, 0.717) is 16.5 Å². The van der Waals surface area contributed by atoms with E-state index in [9.17, 15) is 9.59 Å². The zero-order valence-corrected chi connectivity index (χ0v) is 16.6. The Morgan fingerprint density at radius 1 is 1.04 bits per heavy atom. The number of nitrogens with one attached hydrogen (secondary N) is 2. The topological polar surface area (TPSA) is 76.7 Å². The van der Waals surface area contributed by atoms with Gasteiger partial charge in [0, 0.05) is 5.02 Å². The van der Waals surface area contributed by atoms with Gasteiger partial charge >= 0.3 is 0 Å². The van der Waals surface area contributed by atoms with Crippen LogP contribution in [0.3, 0.4) is 0 Å². The highest BCUT2D eigenvalue weighted by molar-refractivity contribution is 6.35. The molecule has 0 radical (unpaired) electrons. The zero-order chi connectivity index (χ0) is 20.0. The first-order valence-corrected chi connectivity index (χ1v) is 8.92. The lowest BCUT2D eigenvalue weighted by molar-refractivity contribution is -0.133. The smallest absolute Gasteiger partial charge is 0.279 e. The van der Waals surface area contributed by atoms with Crippen molar-refractivity contribution in [3.05, 3.63) is 57.6 Å². The van der Waals surface area contributed by atoms with Gasteiger partial charge in [-0.25, -0.2) is 0 Å². The molecule has 2 aromatic carbocycles. The number of carbonyl (C=O) groups excluding carboxylic acids is 2. The highest BCUT2D eigenvalue weighted by Gasteiger charge is 2.16. The van der Waals surface area contributed by atoms with Crippen LogP contribution in [0.2, 0.25) is 10.0 Å². The van der Waals surface area contributed by atoms with Crippen molar-refractivity contribution in [1.82, 2.24) is 10.9 Å². The van der Waals surface area contributed by atoms with Crippen LogP contribution in [0.25, 0.3) is 0 Å². The predicted molar refractivity (Wildman–Crippen MR) is 104 cm³/mol. The summed E-state index contributed by atoms with van der Waals surface area (Å²) in [5, 5.41) is 0.747. The summed E-state index contributed by atoms with van der Waals surface area (Å²) >= 11 is 11.7. The molecule has 0 fully saturated rings. The number of hydrogen-bond acceptors (Lipinski definition) is 4. The molecule has 0 heterocycles. The molecular weight excluding hydrogens is 391 g/mol. The highest BCUT2D eigenvalue weighted by Crippen LogP contribution is 2.27. The van der Waals surface area contributed by atoms with E-state index in [-0.39, 0.29) is 11.6 Å². The van der Waals surface area contributed by atoms with Crippen LogP contribution >= 0.6 is 23.2 Å². The molecule has 0 saturated heterocycles. The largest absolute Gasteiger partial charge is 0.482 e. The molecule has 0 aliphatic rings. The first-order chi connectivity index (χ1) is 12.8. The van der Waals surface area contributed by atoms with Crippen LogP contribution in [-0.4, -0.2) is 24.5 Å². The molecule has 8 heteroatoms. The standard InChI is InChI=1S/C19H20Cl2N2O4/c1-11-4-5-12(2)17(8-11)27-13(3)19(25)23-22-18(24)10-26-16-7-6-14(20)9-15(16)21/h4-9,13H,10H2,1-3H3,(H,22,24)(H,23,25).